The molecule has 0 N–H and O–H groups in total. The van der Waals surface area contributed by atoms with Crippen LogP contribution in [0.4, 0.5) is 4.79 Å². The molecule has 0 aromatic carbocycles. The first-order valence-corrected chi connectivity index (χ1v) is 7.83. The van der Waals surface area contributed by atoms with Gasteiger partial charge in [0.1, 0.15) is 5.60 Å². The molecule has 2 rings (SSSR count). The van der Waals surface area contributed by atoms with E-state index in [-0.39, 0.29) is 6.09 Å². The van der Waals surface area contributed by atoms with Crippen LogP contribution in [0.2, 0.25) is 0 Å². The Morgan fingerprint density at radius 3 is 2.48 bits per heavy atom. The smallest absolute Gasteiger partial charge is 0.410 e. The van der Waals surface area contributed by atoms with Crippen molar-refractivity contribution < 1.29 is 9.53 Å². The van der Waals surface area contributed by atoms with Crippen LogP contribution in [0.5, 0.6) is 0 Å². The van der Waals surface area contributed by atoms with Gasteiger partial charge in [0.05, 0.1) is 0 Å². The second kappa shape index (κ2) is 6.97. The van der Waals surface area contributed by atoms with Crippen molar-refractivity contribution in [1.29, 1.82) is 0 Å². The van der Waals surface area contributed by atoms with Gasteiger partial charge < -0.3 is 9.64 Å². The van der Waals surface area contributed by atoms with Crippen molar-refractivity contribution in [2.75, 3.05) is 13.1 Å². The van der Waals surface area contributed by atoms with E-state index in [0.717, 1.165) is 25.0 Å². The molecule has 21 heavy (non-hydrogen) atoms. The molecule has 0 aromatic rings. The molecule has 0 atom stereocenters. The number of allylic oxidation sites excluding steroid dienone is 3. The van der Waals surface area contributed by atoms with E-state index in [0.29, 0.717) is 6.54 Å². The van der Waals surface area contributed by atoms with Crippen LogP contribution in [0.15, 0.2) is 34.9 Å². The summed E-state index contributed by atoms with van der Waals surface area (Å²) < 4.78 is 5.43. The summed E-state index contributed by atoms with van der Waals surface area (Å²) in [5, 5.41) is 0. The maximum Gasteiger partial charge on any atom is 0.410 e. The topological polar surface area (TPSA) is 29.5 Å². The summed E-state index contributed by atoms with van der Waals surface area (Å²) >= 11 is 0. The number of rotatable bonds is 1. The molecular weight excluding hydrogens is 262 g/mol. The van der Waals surface area contributed by atoms with Crippen LogP contribution in [0, 0.1) is 0 Å². The molecular formula is C18H29NO2. The van der Waals surface area contributed by atoms with Crippen molar-refractivity contribution in [1.82, 2.24) is 4.90 Å². The maximum absolute atomic E-state index is 12.1. The molecule has 0 saturated carbocycles. The van der Waals surface area contributed by atoms with Crippen molar-refractivity contribution in [2.45, 2.75) is 60.0 Å². The summed E-state index contributed by atoms with van der Waals surface area (Å²) in [5.74, 6) is 0. The molecule has 1 aliphatic heterocycles. The number of carbonyl (C=O) groups excluding carboxylic acids is 1. The van der Waals surface area contributed by atoms with E-state index in [2.05, 4.69) is 12.7 Å². The summed E-state index contributed by atoms with van der Waals surface area (Å²) in [6.07, 6.45) is 3.87. The minimum atomic E-state index is -0.428. The number of amides is 1. The number of nitrogens with zero attached hydrogens (tertiary/aromatic N) is 1. The highest BCUT2D eigenvalue weighted by Crippen LogP contribution is 2.36. The van der Waals surface area contributed by atoms with Crippen molar-refractivity contribution in [2.24, 2.45) is 0 Å². The number of hydrogen-bond acceptors (Lipinski definition) is 2. The highest BCUT2D eigenvalue weighted by Gasteiger charge is 2.29. The third kappa shape index (κ3) is 4.48. The maximum atomic E-state index is 12.1. The lowest BCUT2D eigenvalue weighted by Crippen LogP contribution is -2.40. The molecule has 3 nitrogen and oxygen atoms in total. The zero-order valence-corrected chi connectivity index (χ0v) is 14.4. The quantitative estimate of drug-likeness (QED) is 0.690. The molecule has 1 heterocycles. The average Bonchev–Trinajstić information content (AvgIpc) is 2.82. The predicted molar refractivity (Wildman–Crippen MR) is 88.3 cm³/mol. The highest BCUT2D eigenvalue weighted by molar-refractivity contribution is 5.69. The van der Waals surface area contributed by atoms with Crippen LogP contribution in [0.25, 0.3) is 0 Å². The Hall–Kier alpha value is -1.51. The average molecular weight is 291 g/mol. The normalized spacial score (nSPS) is 17.6. The number of hydrogen-bond donors (Lipinski definition) is 0. The van der Waals surface area contributed by atoms with E-state index in [4.69, 9.17) is 4.74 Å². The summed E-state index contributed by atoms with van der Waals surface area (Å²) in [4.78, 5) is 13.9. The Bertz CT molecular complexity index is 478. The van der Waals surface area contributed by atoms with E-state index in [1.54, 1.807) is 4.90 Å². The molecule has 1 amide bonds. The zero-order valence-electron chi connectivity index (χ0n) is 14.4. The molecule has 0 saturated heterocycles. The van der Waals surface area contributed by atoms with Crippen molar-refractivity contribution in [3.63, 3.8) is 0 Å². The summed E-state index contributed by atoms with van der Waals surface area (Å²) in [6.45, 7) is 17.2. The first-order chi connectivity index (χ1) is 9.78. The lowest BCUT2D eigenvalue weighted by molar-refractivity contribution is 0.0260. The standard InChI is InChI=1S/C16H23NO2.C2H6/c1-11(2)13-7-6-12-10-17(9-8-14(12)13)15(18)19-16(3,4)5;1-2/h7H,1,6,8-10H2,2-5H3;1-2H3. The van der Waals surface area contributed by atoms with Gasteiger partial charge in [-0.25, -0.2) is 4.79 Å². The third-order valence-corrected chi connectivity index (χ3v) is 3.43. The van der Waals surface area contributed by atoms with Crippen molar-refractivity contribution in [3.05, 3.63) is 34.9 Å². The fourth-order valence-electron chi connectivity index (χ4n) is 2.60. The minimum Gasteiger partial charge on any atom is -0.444 e. The van der Waals surface area contributed by atoms with Gasteiger partial charge in [-0.2, -0.15) is 0 Å². The van der Waals surface area contributed by atoms with Gasteiger partial charge in [-0.3, -0.25) is 0 Å². The summed E-state index contributed by atoms with van der Waals surface area (Å²) in [6, 6.07) is 0. The van der Waals surface area contributed by atoms with E-state index in [1.165, 1.54) is 16.7 Å². The first-order valence-electron chi connectivity index (χ1n) is 7.83. The highest BCUT2D eigenvalue weighted by atomic mass is 16.6. The molecule has 0 radical (unpaired) electrons. The number of carbonyl (C=O) groups is 1. The molecule has 1 aliphatic carbocycles. The Kier molecular flexibility index (Phi) is 5.82. The fourth-order valence-corrected chi connectivity index (χ4v) is 2.60. The largest absolute Gasteiger partial charge is 0.444 e. The monoisotopic (exact) mass is 291 g/mol. The van der Waals surface area contributed by atoms with Gasteiger partial charge in [0.2, 0.25) is 0 Å². The number of ether oxygens (including phenoxy) is 1. The Morgan fingerprint density at radius 2 is 1.95 bits per heavy atom. The second-order valence-electron chi connectivity index (χ2n) is 6.34. The summed E-state index contributed by atoms with van der Waals surface area (Å²) in [5.41, 5.74) is 4.72. The van der Waals surface area contributed by atoms with Gasteiger partial charge in [-0.1, -0.05) is 32.1 Å². The summed E-state index contributed by atoms with van der Waals surface area (Å²) in [7, 11) is 0. The van der Waals surface area contributed by atoms with Crippen LogP contribution < -0.4 is 0 Å². The molecule has 0 spiro atoms. The predicted octanol–water partition coefficient (Wildman–Crippen LogP) is 4.86. The van der Waals surface area contributed by atoms with Crippen LogP contribution in [0.1, 0.15) is 54.4 Å². The van der Waals surface area contributed by atoms with Crippen LogP contribution in [-0.4, -0.2) is 29.7 Å². The molecule has 3 heteroatoms. The van der Waals surface area contributed by atoms with E-state index < -0.39 is 5.60 Å². The van der Waals surface area contributed by atoms with Gasteiger partial charge in [-0.15, -0.1) is 0 Å². The minimum absolute atomic E-state index is 0.206. The Labute approximate surface area is 129 Å². The third-order valence-electron chi connectivity index (χ3n) is 3.43. The van der Waals surface area contributed by atoms with Gasteiger partial charge in [-0.05, 0) is 57.3 Å². The van der Waals surface area contributed by atoms with Gasteiger partial charge in [0.25, 0.3) is 0 Å². The molecule has 0 aromatic heterocycles. The van der Waals surface area contributed by atoms with Crippen LogP contribution in [0.3, 0.4) is 0 Å². The Morgan fingerprint density at radius 1 is 1.33 bits per heavy atom. The van der Waals surface area contributed by atoms with Crippen molar-refractivity contribution in [3.8, 4) is 0 Å². The van der Waals surface area contributed by atoms with Gasteiger partial charge >= 0.3 is 6.09 Å². The van der Waals surface area contributed by atoms with E-state index >= 15 is 0 Å². The zero-order chi connectivity index (χ0) is 16.2. The van der Waals surface area contributed by atoms with Gasteiger partial charge in [0, 0.05) is 13.1 Å². The van der Waals surface area contributed by atoms with E-state index in [9.17, 15) is 4.79 Å². The second-order valence-corrected chi connectivity index (χ2v) is 6.34. The molecule has 0 fully saturated rings. The van der Waals surface area contributed by atoms with Gasteiger partial charge in [0.15, 0.2) is 0 Å². The SMILES string of the molecule is C=C(C)C1=CCC2=C1CCN(C(=O)OC(C)(C)C)C2.CC. The fraction of sp³-hybridized carbons (Fsp3) is 0.611. The molecule has 118 valence electrons. The van der Waals surface area contributed by atoms with Crippen molar-refractivity contribution >= 4 is 6.09 Å². The lowest BCUT2D eigenvalue weighted by Gasteiger charge is -2.31. The van der Waals surface area contributed by atoms with E-state index in [1.807, 2.05) is 41.5 Å². The molecule has 0 unspecified atom stereocenters. The molecule has 0 bridgehead atoms. The van der Waals surface area contributed by atoms with Crippen LogP contribution in [-0.2, 0) is 4.74 Å². The molecule has 2 aliphatic rings. The van der Waals surface area contributed by atoms with Crippen LogP contribution >= 0.6 is 0 Å². The Balaban J connectivity index is 0.00000106. The lowest BCUT2D eigenvalue weighted by atomic mass is 9.95. The first kappa shape index (κ1) is 17.5.